The minimum Gasteiger partial charge on any atom is -0.378 e. The van der Waals surface area contributed by atoms with Gasteiger partial charge in [0.25, 0.3) is 0 Å². The van der Waals surface area contributed by atoms with Gasteiger partial charge < -0.3 is 11.1 Å². The van der Waals surface area contributed by atoms with Crippen molar-refractivity contribution in [2.75, 3.05) is 5.32 Å². The van der Waals surface area contributed by atoms with Gasteiger partial charge in [0.05, 0.1) is 6.04 Å². The molecule has 0 bridgehead atoms. The zero-order chi connectivity index (χ0) is 12.5. The van der Waals surface area contributed by atoms with E-state index < -0.39 is 0 Å². The molecule has 2 atom stereocenters. The smallest absolute Gasteiger partial charge is 0.0546 e. The topological polar surface area (TPSA) is 38.0 Å². The van der Waals surface area contributed by atoms with Crippen molar-refractivity contribution in [3.63, 3.8) is 0 Å². The highest BCUT2D eigenvalue weighted by atomic mass is 35.5. The lowest BCUT2D eigenvalue weighted by Gasteiger charge is -2.32. The Morgan fingerprint density at radius 1 is 1.00 bits per heavy atom. The van der Waals surface area contributed by atoms with Gasteiger partial charge in [0.1, 0.15) is 0 Å². The van der Waals surface area contributed by atoms with Gasteiger partial charge in [0, 0.05) is 16.8 Å². The summed E-state index contributed by atoms with van der Waals surface area (Å²) >= 11 is 6.25. The van der Waals surface area contributed by atoms with Gasteiger partial charge in [-0.05, 0) is 29.7 Å². The third-order valence-electron chi connectivity index (χ3n) is 3.46. The first-order chi connectivity index (χ1) is 8.75. The zero-order valence-corrected chi connectivity index (χ0v) is 10.7. The van der Waals surface area contributed by atoms with Gasteiger partial charge in [-0.1, -0.05) is 48.0 Å². The third-order valence-corrected chi connectivity index (χ3v) is 3.80. The first-order valence-corrected chi connectivity index (χ1v) is 6.49. The molecule has 0 radical (unpaired) electrons. The van der Waals surface area contributed by atoms with E-state index in [-0.39, 0.29) is 12.1 Å². The monoisotopic (exact) mass is 258 g/mol. The Morgan fingerprint density at radius 2 is 1.67 bits per heavy atom. The molecule has 18 heavy (non-hydrogen) atoms. The number of hydrogen-bond acceptors (Lipinski definition) is 2. The van der Waals surface area contributed by atoms with Gasteiger partial charge in [0.2, 0.25) is 0 Å². The summed E-state index contributed by atoms with van der Waals surface area (Å²) in [6, 6.07) is 16.4. The van der Waals surface area contributed by atoms with E-state index in [0.29, 0.717) is 0 Å². The average Bonchev–Trinajstić information content (AvgIpc) is 2.39. The average molecular weight is 259 g/mol. The van der Waals surface area contributed by atoms with Crippen molar-refractivity contribution in [1.29, 1.82) is 0 Å². The maximum absolute atomic E-state index is 6.25. The maximum Gasteiger partial charge on any atom is 0.0546 e. The molecule has 0 amide bonds. The molecule has 2 aromatic carbocycles. The summed E-state index contributed by atoms with van der Waals surface area (Å²) in [7, 11) is 0. The molecule has 3 rings (SSSR count). The number of nitrogens with one attached hydrogen (secondary N) is 1. The van der Waals surface area contributed by atoms with E-state index in [1.54, 1.807) is 0 Å². The minimum atomic E-state index is 0.0590. The molecule has 0 saturated heterocycles. The first-order valence-electron chi connectivity index (χ1n) is 6.11. The highest BCUT2D eigenvalue weighted by molar-refractivity contribution is 6.31. The molecule has 1 aliphatic heterocycles. The third kappa shape index (κ3) is 1.98. The number of hydrogen-bond donors (Lipinski definition) is 2. The molecule has 0 aromatic heterocycles. The van der Waals surface area contributed by atoms with Gasteiger partial charge in [-0.3, -0.25) is 0 Å². The predicted molar refractivity (Wildman–Crippen MR) is 75.8 cm³/mol. The van der Waals surface area contributed by atoms with Crippen LogP contribution in [0.25, 0.3) is 0 Å². The lowest BCUT2D eigenvalue weighted by Crippen LogP contribution is -2.26. The van der Waals surface area contributed by atoms with Crippen LogP contribution >= 0.6 is 11.6 Å². The lowest BCUT2D eigenvalue weighted by atomic mass is 9.90. The summed E-state index contributed by atoms with van der Waals surface area (Å²) in [5, 5.41) is 4.31. The number of benzene rings is 2. The Balaban J connectivity index is 1.97. The van der Waals surface area contributed by atoms with Crippen molar-refractivity contribution < 1.29 is 0 Å². The Morgan fingerprint density at radius 3 is 2.44 bits per heavy atom. The molecule has 2 aromatic rings. The van der Waals surface area contributed by atoms with Gasteiger partial charge >= 0.3 is 0 Å². The zero-order valence-electron chi connectivity index (χ0n) is 9.94. The van der Waals surface area contributed by atoms with Crippen LogP contribution in [0.1, 0.15) is 29.6 Å². The summed E-state index contributed by atoms with van der Waals surface area (Å²) in [6.45, 7) is 0. The standard InChI is InChI=1S/C15H15ClN2/c16-12-7-3-1-5-10(12)15-9-13(17)11-6-2-4-8-14(11)18-15/h1-8,13,15,18H,9,17H2. The Kier molecular flexibility index (Phi) is 2.98. The van der Waals surface area contributed by atoms with Crippen LogP contribution in [-0.2, 0) is 0 Å². The SMILES string of the molecule is NC1CC(c2ccccc2Cl)Nc2ccccc21. The summed E-state index contributed by atoms with van der Waals surface area (Å²) in [5.74, 6) is 0. The number of para-hydroxylation sites is 1. The number of rotatable bonds is 1. The Bertz CT molecular complexity index is 568. The fraction of sp³-hybridized carbons (Fsp3) is 0.200. The van der Waals surface area contributed by atoms with Gasteiger partial charge in [-0.15, -0.1) is 0 Å². The fourth-order valence-electron chi connectivity index (χ4n) is 2.54. The van der Waals surface area contributed by atoms with Crippen LogP contribution < -0.4 is 11.1 Å². The minimum absolute atomic E-state index is 0.0590. The number of nitrogens with two attached hydrogens (primary N) is 1. The van der Waals surface area contributed by atoms with Crippen molar-refractivity contribution in [2.24, 2.45) is 5.73 Å². The molecular weight excluding hydrogens is 244 g/mol. The van der Waals surface area contributed by atoms with Crippen molar-refractivity contribution >= 4 is 17.3 Å². The van der Waals surface area contributed by atoms with E-state index >= 15 is 0 Å². The lowest BCUT2D eigenvalue weighted by molar-refractivity contribution is 0.561. The number of fused-ring (bicyclic) bond motifs is 1. The summed E-state index contributed by atoms with van der Waals surface area (Å²) in [4.78, 5) is 0. The van der Waals surface area contributed by atoms with Crippen LogP contribution in [0.2, 0.25) is 5.02 Å². The van der Waals surface area contributed by atoms with Crippen LogP contribution in [0.4, 0.5) is 5.69 Å². The van der Waals surface area contributed by atoms with E-state index in [4.69, 9.17) is 17.3 Å². The fourth-order valence-corrected chi connectivity index (χ4v) is 2.81. The normalized spacial score (nSPS) is 22.1. The molecule has 1 heterocycles. The molecule has 3 N–H and O–H groups in total. The molecule has 3 heteroatoms. The summed E-state index contributed by atoms with van der Waals surface area (Å²) < 4.78 is 0. The van der Waals surface area contributed by atoms with E-state index in [1.165, 1.54) is 5.56 Å². The van der Waals surface area contributed by atoms with Crippen molar-refractivity contribution in [1.82, 2.24) is 0 Å². The van der Waals surface area contributed by atoms with Crippen LogP contribution in [0, 0.1) is 0 Å². The largest absolute Gasteiger partial charge is 0.378 e. The number of halogens is 1. The Hall–Kier alpha value is -1.51. The van der Waals surface area contributed by atoms with E-state index in [0.717, 1.165) is 22.7 Å². The molecule has 2 unspecified atom stereocenters. The molecule has 0 fully saturated rings. The summed E-state index contributed by atoms with van der Waals surface area (Å²) in [6.07, 6.45) is 0.862. The predicted octanol–water partition coefficient (Wildman–Crippen LogP) is 3.90. The molecular formula is C15H15ClN2. The van der Waals surface area contributed by atoms with E-state index in [9.17, 15) is 0 Å². The van der Waals surface area contributed by atoms with Gasteiger partial charge in [-0.2, -0.15) is 0 Å². The second kappa shape index (κ2) is 4.63. The van der Waals surface area contributed by atoms with E-state index in [2.05, 4.69) is 23.5 Å². The highest BCUT2D eigenvalue weighted by Gasteiger charge is 2.25. The Labute approximate surface area is 112 Å². The molecule has 92 valence electrons. The molecule has 2 nitrogen and oxygen atoms in total. The first kappa shape index (κ1) is 11.6. The second-order valence-electron chi connectivity index (χ2n) is 4.65. The second-order valence-corrected chi connectivity index (χ2v) is 5.06. The van der Waals surface area contributed by atoms with Gasteiger partial charge in [-0.25, -0.2) is 0 Å². The number of anilines is 1. The van der Waals surface area contributed by atoms with Crippen molar-refractivity contribution in [3.8, 4) is 0 Å². The summed E-state index contributed by atoms with van der Waals surface area (Å²) in [5.41, 5.74) is 9.65. The molecule has 0 aliphatic carbocycles. The van der Waals surface area contributed by atoms with Crippen LogP contribution in [0.3, 0.4) is 0 Å². The highest BCUT2D eigenvalue weighted by Crippen LogP contribution is 2.39. The molecule has 1 aliphatic rings. The van der Waals surface area contributed by atoms with Crippen LogP contribution in [0.15, 0.2) is 48.5 Å². The molecule has 0 saturated carbocycles. The van der Waals surface area contributed by atoms with Crippen molar-refractivity contribution in [2.45, 2.75) is 18.5 Å². The van der Waals surface area contributed by atoms with Crippen LogP contribution in [-0.4, -0.2) is 0 Å². The van der Waals surface area contributed by atoms with E-state index in [1.807, 2.05) is 30.3 Å². The maximum atomic E-state index is 6.25. The van der Waals surface area contributed by atoms with Crippen LogP contribution in [0.5, 0.6) is 0 Å². The van der Waals surface area contributed by atoms with Gasteiger partial charge in [0.15, 0.2) is 0 Å². The quantitative estimate of drug-likeness (QED) is 0.814. The molecule has 0 spiro atoms. The van der Waals surface area contributed by atoms with Crippen molar-refractivity contribution in [3.05, 3.63) is 64.7 Å².